The predicted octanol–water partition coefficient (Wildman–Crippen LogP) is 1.34. The molecule has 1 aliphatic heterocycles. The van der Waals surface area contributed by atoms with Gasteiger partial charge in [0.05, 0.1) is 11.8 Å². The molecule has 2 aromatic rings. The molecule has 0 spiro atoms. The second-order valence-electron chi connectivity index (χ2n) is 7.69. The SMILES string of the molecule is O=S(=O)(C1Cc2ccccc2C1)N1CC[C@@](O)(c2nc(C3CC3)no2)C1. The maximum atomic E-state index is 13.1. The van der Waals surface area contributed by atoms with Crippen LogP contribution in [0.2, 0.25) is 0 Å². The van der Waals surface area contributed by atoms with Gasteiger partial charge in [-0.05, 0) is 36.8 Å². The highest BCUT2D eigenvalue weighted by Gasteiger charge is 2.49. The van der Waals surface area contributed by atoms with Crippen LogP contribution in [-0.4, -0.2) is 46.3 Å². The van der Waals surface area contributed by atoms with Crippen molar-refractivity contribution in [1.82, 2.24) is 14.4 Å². The van der Waals surface area contributed by atoms with E-state index in [-0.39, 0.29) is 25.4 Å². The van der Waals surface area contributed by atoms with Gasteiger partial charge in [-0.15, -0.1) is 0 Å². The number of rotatable bonds is 4. The summed E-state index contributed by atoms with van der Waals surface area (Å²) in [5.74, 6) is 1.10. The van der Waals surface area contributed by atoms with Crippen LogP contribution in [0.1, 0.15) is 48.0 Å². The van der Waals surface area contributed by atoms with Crippen molar-refractivity contribution in [3.8, 4) is 0 Å². The van der Waals surface area contributed by atoms with Crippen LogP contribution >= 0.6 is 0 Å². The predicted molar refractivity (Wildman–Crippen MR) is 92.9 cm³/mol. The highest BCUT2D eigenvalue weighted by Crippen LogP contribution is 2.40. The van der Waals surface area contributed by atoms with E-state index in [0.29, 0.717) is 24.6 Å². The lowest BCUT2D eigenvalue weighted by molar-refractivity contribution is 0.0193. The molecule has 26 heavy (non-hydrogen) atoms. The Kier molecular flexibility index (Phi) is 3.54. The van der Waals surface area contributed by atoms with E-state index in [4.69, 9.17) is 4.52 Å². The molecule has 2 heterocycles. The van der Waals surface area contributed by atoms with Crippen LogP contribution in [0, 0.1) is 0 Å². The van der Waals surface area contributed by atoms with Gasteiger partial charge < -0.3 is 9.63 Å². The fraction of sp³-hybridized carbons (Fsp3) is 0.556. The summed E-state index contributed by atoms with van der Waals surface area (Å²) in [6.45, 7) is 0.251. The summed E-state index contributed by atoms with van der Waals surface area (Å²) in [7, 11) is -3.50. The number of benzene rings is 1. The normalized spacial score (nSPS) is 27.1. The van der Waals surface area contributed by atoms with Gasteiger partial charge in [0.1, 0.15) is 0 Å². The standard InChI is InChI=1S/C18H21N3O4S/c22-18(17-19-16(20-25-17)12-5-6-12)7-8-21(11-18)26(23,24)15-9-13-3-1-2-4-14(13)10-15/h1-4,12,15,22H,5-11H2/t18-/m0/s1. The third-order valence-corrected chi connectivity index (χ3v) is 8.00. The van der Waals surface area contributed by atoms with Crippen molar-refractivity contribution in [1.29, 1.82) is 0 Å². The molecular weight excluding hydrogens is 354 g/mol. The maximum Gasteiger partial charge on any atom is 0.260 e. The van der Waals surface area contributed by atoms with Gasteiger partial charge >= 0.3 is 0 Å². The summed E-state index contributed by atoms with van der Waals surface area (Å²) in [6, 6.07) is 7.86. The molecule has 0 unspecified atom stereocenters. The van der Waals surface area contributed by atoms with Crippen LogP contribution in [0.25, 0.3) is 0 Å². The lowest BCUT2D eigenvalue weighted by atomic mass is 10.0. The molecule has 3 aliphatic rings. The van der Waals surface area contributed by atoms with Gasteiger partial charge in [-0.3, -0.25) is 0 Å². The fourth-order valence-corrected chi connectivity index (χ4v) is 5.96. The van der Waals surface area contributed by atoms with Gasteiger partial charge in [0.25, 0.3) is 5.89 Å². The van der Waals surface area contributed by atoms with Crippen molar-refractivity contribution >= 4 is 10.0 Å². The highest BCUT2D eigenvalue weighted by molar-refractivity contribution is 7.89. The molecule has 138 valence electrons. The zero-order valence-electron chi connectivity index (χ0n) is 14.3. The van der Waals surface area contributed by atoms with E-state index in [9.17, 15) is 13.5 Å². The zero-order valence-corrected chi connectivity index (χ0v) is 15.2. The molecular formula is C18H21N3O4S. The third-order valence-electron chi connectivity index (χ3n) is 5.79. The molecule has 0 radical (unpaired) electrons. The minimum absolute atomic E-state index is 0.0194. The highest BCUT2D eigenvalue weighted by atomic mass is 32.2. The molecule has 2 aliphatic carbocycles. The van der Waals surface area contributed by atoms with Crippen molar-refractivity contribution in [2.45, 2.75) is 48.9 Å². The van der Waals surface area contributed by atoms with Crippen molar-refractivity contribution in [2.75, 3.05) is 13.1 Å². The molecule has 0 amide bonds. The third kappa shape index (κ3) is 2.59. The smallest absolute Gasteiger partial charge is 0.260 e. The van der Waals surface area contributed by atoms with Gasteiger partial charge in [0.15, 0.2) is 11.4 Å². The minimum atomic E-state index is -3.50. The molecule has 1 N–H and O–H groups in total. The van der Waals surface area contributed by atoms with Gasteiger partial charge in [0.2, 0.25) is 10.0 Å². The van der Waals surface area contributed by atoms with Gasteiger partial charge in [0, 0.05) is 18.9 Å². The summed E-state index contributed by atoms with van der Waals surface area (Å²) in [5, 5.41) is 14.4. The molecule has 1 saturated carbocycles. The number of fused-ring (bicyclic) bond motifs is 1. The molecule has 1 aromatic heterocycles. The van der Waals surface area contributed by atoms with E-state index in [1.54, 1.807) is 0 Å². The average Bonchev–Trinajstić information content (AvgIpc) is 3.05. The number of aromatic nitrogens is 2. The second-order valence-corrected chi connectivity index (χ2v) is 9.90. The quantitative estimate of drug-likeness (QED) is 0.866. The maximum absolute atomic E-state index is 13.1. The number of hydrogen-bond acceptors (Lipinski definition) is 6. The van der Waals surface area contributed by atoms with E-state index in [2.05, 4.69) is 10.1 Å². The van der Waals surface area contributed by atoms with E-state index >= 15 is 0 Å². The summed E-state index contributed by atoms with van der Waals surface area (Å²) < 4.78 is 32.8. The first-order chi connectivity index (χ1) is 12.5. The van der Waals surface area contributed by atoms with Crippen LogP contribution in [0.15, 0.2) is 28.8 Å². The largest absolute Gasteiger partial charge is 0.379 e. The second kappa shape index (κ2) is 5.61. The number of β-amino-alcohol motifs (C(OH)–C–C–N with tert-alkyl or cyclic N) is 1. The zero-order chi connectivity index (χ0) is 17.9. The molecule has 1 saturated heterocycles. The molecule has 1 aromatic carbocycles. The Labute approximate surface area is 152 Å². The molecule has 7 nitrogen and oxygen atoms in total. The van der Waals surface area contributed by atoms with Gasteiger partial charge in [-0.1, -0.05) is 29.4 Å². The van der Waals surface area contributed by atoms with Crippen molar-refractivity contribution in [3.63, 3.8) is 0 Å². The molecule has 0 bridgehead atoms. The van der Waals surface area contributed by atoms with Crippen molar-refractivity contribution in [3.05, 3.63) is 47.1 Å². The Bertz CT molecular complexity index is 928. The first-order valence-electron chi connectivity index (χ1n) is 9.08. The topological polar surface area (TPSA) is 96.5 Å². The van der Waals surface area contributed by atoms with Crippen molar-refractivity contribution < 1.29 is 18.0 Å². The van der Waals surface area contributed by atoms with Crippen molar-refractivity contribution in [2.24, 2.45) is 0 Å². The Balaban J connectivity index is 1.34. The number of sulfonamides is 1. The number of nitrogens with zero attached hydrogens (tertiary/aromatic N) is 3. The van der Waals surface area contributed by atoms with Gasteiger partial charge in [-0.2, -0.15) is 9.29 Å². The van der Waals surface area contributed by atoms with Crippen LogP contribution in [0.5, 0.6) is 0 Å². The minimum Gasteiger partial charge on any atom is -0.379 e. The molecule has 5 rings (SSSR count). The summed E-state index contributed by atoms with van der Waals surface area (Å²) in [4.78, 5) is 4.32. The Morgan fingerprint density at radius 3 is 2.54 bits per heavy atom. The fourth-order valence-electron chi connectivity index (χ4n) is 4.02. The molecule has 1 atom stereocenters. The Hall–Kier alpha value is -1.77. The first kappa shape index (κ1) is 16.4. The molecule has 2 fully saturated rings. The average molecular weight is 375 g/mol. The van der Waals surface area contributed by atoms with E-state index in [1.807, 2.05) is 24.3 Å². The lowest BCUT2D eigenvalue weighted by Gasteiger charge is -2.22. The lowest BCUT2D eigenvalue weighted by Crippen LogP contribution is -2.40. The Morgan fingerprint density at radius 1 is 1.19 bits per heavy atom. The summed E-state index contributed by atoms with van der Waals surface area (Å²) in [6.07, 6.45) is 3.41. The van der Waals surface area contributed by atoms with Crippen LogP contribution in [-0.2, 0) is 28.5 Å². The first-order valence-corrected chi connectivity index (χ1v) is 10.6. The number of aliphatic hydroxyl groups is 1. The Morgan fingerprint density at radius 2 is 1.88 bits per heavy atom. The van der Waals surface area contributed by atoms with E-state index < -0.39 is 20.9 Å². The van der Waals surface area contributed by atoms with Crippen LogP contribution < -0.4 is 0 Å². The summed E-state index contributed by atoms with van der Waals surface area (Å²) in [5.41, 5.74) is 0.807. The number of hydrogen-bond donors (Lipinski definition) is 1. The van der Waals surface area contributed by atoms with E-state index in [1.165, 1.54) is 4.31 Å². The summed E-state index contributed by atoms with van der Waals surface area (Å²) >= 11 is 0. The van der Waals surface area contributed by atoms with Crippen LogP contribution in [0.4, 0.5) is 0 Å². The monoisotopic (exact) mass is 375 g/mol. The molecule has 8 heteroatoms. The van der Waals surface area contributed by atoms with E-state index in [0.717, 1.165) is 24.0 Å². The van der Waals surface area contributed by atoms with Crippen LogP contribution in [0.3, 0.4) is 0 Å². The van der Waals surface area contributed by atoms with Gasteiger partial charge in [-0.25, -0.2) is 8.42 Å².